The Morgan fingerprint density at radius 2 is 1.76 bits per heavy atom. The molecule has 0 amide bonds. The van der Waals surface area contributed by atoms with Gasteiger partial charge in [-0.3, -0.25) is 4.90 Å². The van der Waals surface area contributed by atoms with Gasteiger partial charge in [-0.25, -0.2) is 4.68 Å². The number of hydrogen-bond donors (Lipinski definition) is 0. The molecule has 0 N–H and O–H groups in total. The Labute approximate surface area is 150 Å². The molecule has 132 valence electrons. The largest absolute Gasteiger partial charge is 0.300 e. The van der Waals surface area contributed by atoms with E-state index in [1.54, 1.807) is 0 Å². The Bertz CT molecular complexity index is 677. The van der Waals surface area contributed by atoms with Gasteiger partial charge in [0.05, 0.1) is 11.7 Å². The summed E-state index contributed by atoms with van der Waals surface area (Å²) in [5.41, 5.74) is 2.50. The fourth-order valence-electron chi connectivity index (χ4n) is 4.15. The molecule has 0 bridgehead atoms. The zero-order valence-corrected chi connectivity index (χ0v) is 14.9. The van der Waals surface area contributed by atoms with Crippen LogP contribution in [-0.2, 0) is 0 Å². The minimum absolute atomic E-state index is 0.525. The Morgan fingerprint density at radius 3 is 2.52 bits per heavy atom. The maximum absolute atomic E-state index is 4.46. The van der Waals surface area contributed by atoms with Crippen molar-refractivity contribution in [3.05, 3.63) is 53.9 Å². The van der Waals surface area contributed by atoms with Gasteiger partial charge < -0.3 is 0 Å². The minimum Gasteiger partial charge on any atom is -0.300 e. The van der Waals surface area contributed by atoms with Crippen LogP contribution in [0.2, 0.25) is 0 Å². The molecule has 2 heterocycles. The van der Waals surface area contributed by atoms with Crippen molar-refractivity contribution in [2.24, 2.45) is 0 Å². The second-order valence-corrected chi connectivity index (χ2v) is 7.45. The van der Waals surface area contributed by atoms with Gasteiger partial charge in [0.2, 0.25) is 0 Å². The highest BCUT2D eigenvalue weighted by Gasteiger charge is 2.24. The van der Waals surface area contributed by atoms with Crippen molar-refractivity contribution in [3.63, 3.8) is 0 Å². The first kappa shape index (κ1) is 16.5. The smallest absolute Gasteiger partial charge is 0.0858 e. The third-order valence-corrected chi connectivity index (χ3v) is 5.71. The highest BCUT2D eigenvalue weighted by atomic mass is 15.4. The highest BCUT2D eigenvalue weighted by molar-refractivity contribution is 5.48. The second-order valence-electron chi connectivity index (χ2n) is 7.45. The summed E-state index contributed by atoms with van der Waals surface area (Å²) in [6.45, 7) is 3.32. The fourth-order valence-corrected chi connectivity index (χ4v) is 4.15. The standard InChI is InChI=1S/C21H28N4/c1-2-7-18(8-3-1)9-6-14-24-15-12-20(13-16-24)25-17-21(22-23-25)19-10-4-5-11-19/h1-3,6-9,17,19-20H,4-5,10-16H2. The predicted octanol–water partition coefficient (Wildman–Crippen LogP) is 4.29. The molecule has 1 aromatic carbocycles. The number of piperidine rings is 1. The van der Waals surface area contributed by atoms with Crippen LogP contribution in [0, 0.1) is 0 Å². The van der Waals surface area contributed by atoms with Crippen molar-refractivity contribution >= 4 is 6.08 Å². The average molecular weight is 336 g/mol. The second kappa shape index (κ2) is 7.96. The molecule has 2 fully saturated rings. The van der Waals surface area contributed by atoms with Crippen LogP contribution in [0.15, 0.2) is 42.6 Å². The van der Waals surface area contributed by atoms with Crippen LogP contribution in [0.3, 0.4) is 0 Å². The summed E-state index contributed by atoms with van der Waals surface area (Å²) >= 11 is 0. The predicted molar refractivity (Wildman–Crippen MR) is 101 cm³/mol. The first-order valence-electron chi connectivity index (χ1n) is 9.74. The van der Waals surface area contributed by atoms with Crippen LogP contribution < -0.4 is 0 Å². The summed E-state index contributed by atoms with van der Waals surface area (Å²) in [7, 11) is 0. The maximum atomic E-state index is 4.46. The quantitative estimate of drug-likeness (QED) is 0.817. The lowest BCUT2D eigenvalue weighted by Gasteiger charge is -2.30. The average Bonchev–Trinajstić information content (AvgIpc) is 3.35. The lowest BCUT2D eigenvalue weighted by Crippen LogP contribution is -2.34. The van der Waals surface area contributed by atoms with E-state index in [2.05, 4.69) is 68.6 Å². The molecule has 1 saturated carbocycles. The molecule has 1 aromatic heterocycles. The van der Waals surface area contributed by atoms with E-state index in [0.717, 1.165) is 19.6 Å². The molecule has 0 spiro atoms. The number of aromatic nitrogens is 3. The van der Waals surface area contributed by atoms with Crippen molar-refractivity contribution in [2.75, 3.05) is 19.6 Å². The van der Waals surface area contributed by atoms with Gasteiger partial charge in [-0.1, -0.05) is 60.5 Å². The van der Waals surface area contributed by atoms with Gasteiger partial charge in [-0.2, -0.15) is 0 Å². The lowest BCUT2D eigenvalue weighted by atomic mass is 10.0. The molecule has 4 rings (SSSR count). The highest BCUT2D eigenvalue weighted by Crippen LogP contribution is 2.33. The van der Waals surface area contributed by atoms with E-state index in [4.69, 9.17) is 0 Å². The van der Waals surface area contributed by atoms with Crippen molar-refractivity contribution in [2.45, 2.75) is 50.5 Å². The molecule has 2 aromatic rings. The van der Waals surface area contributed by atoms with Crippen molar-refractivity contribution < 1.29 is 0 Å². The first-order chi connectivity index (χ1) is 12.4. The third-order valence-electron chi connectivity index (χ3n) is 5.71. The Balaban J connectivity index is 1.26. The van der Waals surface area contributed by atoms with Gasteiger partial charge in [0.15, 0.2) is 0 Å². The molecule has 4 heteroatoms. The third kappa shape index (κ3) is 4.18. The molecule has 1 aliphatic carbocycles. The monoisotopic (exact) mass is 336 g/mol. The summed E-state index contributed by atoms with van der Waals surface area (Å²) in [4.78, 5) is 2.53. The number of hydrogen-bond acceptors (Lipinski definition) is 3. The number of nitrogens with zero attached hydrogens (tertiary/aromatic N) is 4. The Morgan fingerprint density at radius 1 is 1.00 bits per heavy atom. The molecular formula is C21H28N4. The maximum Gasteiger partial charge on any atom is 0.0858 e. The van der Waals surface area contributed by atoms with Gasteiger partial charge in [-0.15, -0.1) is 5.10 Å². The molecule has 4 nitrogen and oxygen atoms in total. The summed E-state index contributed by atoms with van der Waals surface area (Å²) < 4.78 is 2.14. The van der Waals surface area contributed by atoms with E-state index in [-0.39, 0.29) is 0 Å². The van der Waals surface area contributed by atoms with E-state index in [1.165, 1.54) is 49.8 Å². The van der Waals surface area contributed by atoms with Crippen LogP contribution in [0.4, 0.5) is 0 Å². The Hall–Kier alpha value is -1.94. The zero-order valence-electron chi connectivity index (χ0n) is 14.9. The van der Waals surface area contributed by atoms with Crippen molar-refractivity contribution in [1.29, 1.82) is 0 Å². The van der Waals surface area contributed by atoms with Crippen LogP contribution in [0.25, 0.3) is 6.08 Å². The lowest BCUT2D eigenvalue weighted by molar-refractivity contribution is 0.194. The number of likely N-dealkylation sites (tertiary alicyclic amines) is 1. The summed E-state index contributed by atoms with van der Waals surface area (Å²) in [6, 6.07) is 11.1. The van der Waals surface area contributed by atoms with Crippen LogP contribution in [0.1, 0.15) is 61.7 Å². The van der Waals surface area contributed by atoms with Crippen molar-refractivity contribution in [1.82, 2.24) is 19.9 Å². The SMILES string of the molecule is C(=Cc1ccccc1)CN1CCC(n2cc(C3CCCC3)nn2)CC1. The normalized spacial score (nSPS) is 20.6. The first-order valence-corrected chi connectivity index (χ1v) is 9.74. The van der Waals surface area contributed by atoms with E-state index in [1.807, 2.05) is 0 Å². The van der Waals surface area contributed by atoms with E-state index in [9.17, 15) is 0 Å². The van der Waals surface area contributed by atoms with E-state index < -0.39 is 0 Å². The molecule has 0 unspecified atom stereocenters. The zero-order chi connectivity index (χ0) is 16.9. The Kier molecular flexibility index (Phi) is 5.26. The van der Waals surface area contributed by atoms with E-state index in [0.29, 0.717) is 12.0 Å². The van der Waals surface area contributed by atoms with Gasteiger partial charge in [-0.05, 0) is 31.2 Å². The molecule has 1 aliphatic heterocycles. The van der Waals surface area contributed by atoms with Crippen molar-refractivity contribution in [3.8, 4) is 0 Å². The topological polar surface area (TPSA) is 34.0 Å². The minimum atomic E-state index is 0.525. The molecule has 1 saturated heterocycles. The van der Waals surface area contributed by atoms with Crippen LogP contribution >= 0.6 is 0 Å². The molecule has 2 aliphatic rings. The molecule has 0 radical (unpaired) electrons. The van der Waals surface area contributed by atoms with Gasteiger partial charge >= 0.3 is 0 Å². The summed E-state index contributed by atoms with van der Waals surface area (Å²) in [5.74, 6) is 0.664. The van der Waals surface area contributed by atoms with Gasteiger partial charge in [0, 0.05) is 31.7 Å². The molecule has 0 atom stereocenters. The van der Waals surface area contributed by atoms with Crippen LogP contribution in [-0.4, -0.2) is 39.5 Å². The van der Waals surface area contributed by atoms with Crippen LogP contribution in [0.5, 0.6) is 0 Å². The summed E-state index contributed by atoms with van der Waals surface area (Å²) in [6.07, 6.45) is 14.4. The van der Waals surface area contributed by atoms with Gasteiger partial charge in [0.1, 0.15) is 0 Å². The fraction of sp³-hybridized carbons (Fsp3) is 0.524. The number of rotatable bonds is 5. The molecular weight excluding hydrogens is 308 g/mol. The number of benzene rings is 1. The summed E-state index contributed by atoms with van der Waals surface area (Å²) in [5, 5.41) is 8.91. The van der Waals surface area contributed by atoms with Gasteiger partial charge in [0.25, 0.3) is 0 Å². The molecule has 25 heavy (non-hydrogen) atoms. The van der Waals surface area contributed by atoms with E-state index >= 15 is 0 Å².